The highest BCUT2D eigenvalue weighted by Crippen LogP contribution is 2.35. The molecule has 118 valence electrons. The average Bonchev–Trinajstić information content (AvgIpc) is 2.47. The summed E-state index contributed by atoms with van der Waals surface area (Å²) in [7, 11) is 0. The molecule has 3 N–H and O–H groups in total. The van der Waals surface area contributed by atoms with Gasteiger partial charge >= 0.3 is 5.97 Å². The SMILES string of the molecule is CC1Sc2ccc(C(=O)NCCCCC(=O)O)cc2NC1=O. The van der Waals surface area contributed by atoms with E-state index in [1.165, 1.54) is 11.8 Å². The molecule has 1 aliphatic rings. The van der Waals surface area contributed by atoms with Crippen LogP contribution in [0.1, 0.15) is 36.5 Å². The maximum absolute atomic E-state index is 12.0. The summed E-state index contributed by atoms with van der Waals surface area (Å²) < 4.78 is 0. The minimum Gasteiger partial charge on any atom is -0.481 e. The van der Waals surface area contributed by atoms with Gasteiger partial charge in [0.25, 0.3) is 5.91 Å². The van der Waals surface area contributed by atoms with E-state index in [-0.39, 0.29) is 23.5 Å². The van der Waals surface area contributed by atoms with Crippen molar-refractivity contribution in [2.45, 2.75) is 36.3 Å². The Bertz CT molecular complexity index is 603. The Labute approximate surface area is 132 Å². The lowest BCUT2D eigenvalue weighted by Crippen LogP contribution is -2.28. The van der Waals surface area contributed by atoms with Crippen LogP contribution in [0.4, 0.5) is 5.69 Å². The molecule has 1 unspecified atom stereocenters. The highest BCUT2D eigenvalue weighted by Gasteiger charge is 2.23. The number of unbranched alkanes of at least 4 members (excludes halogenated alkanes) is 1. The van der Waals surface area contributed by atoms with Crippen molar-refractivity contribution in [1.29, 1.82) is 0 Å². The van der Waals surface area contributed by atoms with Gasteiger partial charge in [0.15, 0.2) is 0 Å². The second kappa shape index (κ2) is 7.31. The number of thioether (sulfide) groups is 1. The summed E-state index contributed by atoms with van der Waals surface area (Å²) in [4.78, 5) is 35.0. The van der Waals surface area contributed by atoms with E-state index in [4.69, 9.17) is 5.11 Å². The lowest BCUT2D eigenvalue weighted by atomic mass is 10.1. The summed E-state index contributed by atoms with van der Waals surface area (Å²) in [6, 6.07) is 5.22. The fourth-order valence-electron chi connectivity index (χ4n) is 2.06. The second-order valence-corrected chi connectivity index (χ2v) is 6.45. The van der Waals surface area contributed by atoms with E-state index >= 15 is 0 Å². The van der Waals surface area contributed by atoms with Crippen LogP contribution in [-0.2, 0) is 9.59 Å². The van der Waals surface area contributed by atoms with Gasteiger partial charge in [-0.3, -0.25) is 14.4 Å². The van der Waals surface area contributed by atoms with Crippen molar-refractivity contribution in [2.75, 3.05) is 11.9 Å². The van der Waals surface area contributed by atoms with E-state index in [0.29, 0.717) is 30.6 Å². The molecular weight excluding hydrogens is 304 g/mol. The average molecular weight is 322 g/mol. The topological polar surface area (TPSA) is 95.5 Å². The van der Waals surface area contributed by atoms with Crippen LogP contribution >= 0.6 is 11.8 Å². The molecule has 0 aliphatic carbocycles. The molecule has 0 saturated heterocycles. The highest BCUT2D eigenvalue weighted by molar-refractivity contribution is 8.00. The molecule has 0 bridgehead atoms. The number of benzene rings is 1. The predicted molar refractivity (Wildman–Crippen MR) is 84.2 cm³/mol. The van der Waals surface area contributed by atoms with Crippen molar-refractivity contribution in [1.82, 2.24) is 5.32 Å². The third-order valence-corrected chi connectivity index (χ3v) is 4.45. The molecule has 1 aliphatic heterocycles. The Morgan fingerprint density at radius 2 is 2.14 bits per heavy atom. The molecule has 0 saturated carbocycles. The van der Waals surface area contributed by atoms with Gasteiger partial charge in [0.05, 0.1) is 10.9 Å². The van der Waals surface area contributed by atoms with E-state index in [1.807, 2.05) is 13.0 Å². The van der Waals surface area contributed by atoms with Crippen LogP contribution in [-0.4, -0.2) is 34.7 Å². The van der Waals surface area contributed by atoms with Crippen molar-refractivity contribution in [3.63, 3.8) is 0 Å². The van der Waals surface area contributed by atoms with E-state index in [9.17, 15) is 14.4 Å². The predicted octanol–water partition coefficient (Wildman–Crippen LogP) is 2.10. The van der Waals surface area contributed by atoms with Crippen LogP contribution < -0.4 is 10.6 Å². The van der Waals surface area contributed by atoms with Gasteiger partial charge in [0, 0.05) is 23.4 Å². The maximum Gasteiger partial charge on any atom is 0.303 e. The number of aliphatic carboxylic acids is 1. The fourth-order valence-corrected chi connectivity index (χ4v) is 2.99. The van der Waals surface area contributed by atoms with Gasteiger partial charge in [0.2, 0.25) is 5.91 Å². The number of nitrogens with one attached hydrogen (secondary N) is 2. The molecule has 2 rings (SSSR count). The van der Waals surface area contributed by atoms with Crippen LogP contribution in [0.25, 0.3) is 0 Å². The van der Waals surface area contributed by atoms with E-state index in [2.05, 4.69) is 10.6 Å². The number of hydrogen-bond donors (Lipinski definition) is 3. The molecule has 1 atom stereocenters. The smallest absolute Gasteiger partial charge is 0.303 e. The van der Waals surface area contributed by atoms with Gasteiger partial charge in [-0.05, 0) is 38.0 Å². The van der Waals surface area contributed by atoms with Gasteiger partial charge < -0.3 is 15.7 Å². The zero-order valence-electron chi connectivity index (χ0n) is 12.2. The van der Waals surface area contributed by atoms with Crippen molar-refractivity contribution in [3.05, 3.63) is 23.8 Å². The molecule has 1 aromatic carbocycles. The van der Waals surface area contributed by atoms with Gasteiger partial charge in [0.1, 0.15) is 0 Å². The van der Waals surface area contributed by atoms with Crippen molar-refractivity contribution in [2.24, 2.45) is 0 Å². The number of hydrogen-bond acceptors (Lipinski definition) is 4. The van der Waals surface area contributed by atoms with Crippen LogP contribution in [0.2, 0.25) is 0 Å². The van der Waals surface area contributed by atoms with Gasteiger partial charge in [-0.15, -0.1) is 11.8 Å². The monoisotopic (exact) mass is 322 g/mol. The molecule has 0 aromatic heterocycles. The van der Waals surface area contributed by atoms with Crippen LogP contribution in [0.3, 0.4) is 0 Å². The molecule has 1 heterocycles. The maximum atomic E-state index is 12.0. The second-order valence-electron chi connectivity index (χ2n) is 5.07. The summed E-state index contributed by atoms with van der Waals surface area (Å²) in [5, 5.41) is 13.9. The highest BCUT2D eigenvalue weighted by atomic mass is 32.2. The first-order valence-corrected chi connectivity index (χ1v) is 7.97. The number of amides is 2. The zero-order valence-corrected chi connectivity index (χ0v) is 13.0. The molecule has 1 aromatic rings. The summed E-state index contributed by atoms with van der Waals surface area (Å²) in [6.07, 6.45) is 1.26. The molecule has 7 heteroatoms. The van der Waals surface area contributed by atoms with Crippen molar-refractivity contribution in [3.8, 4) is 0 Å². The number of carboxylic acids is 1. The normalized spacial score (nSPS) is 16.6. The first-order chi connectivity index (χ1) is 10.5. The van der Waals surface area contributed by atoms with Crippen molar-refractivity contribution >= 4 is 35.2 Å². The minimum atomic E-state index is -0.830. The molecular formula is C15H18N2O4S. The first-order valence-electron chi connectivity index (χ1n) is 7.09. The number of fused-ring (bicyclic) bond motifs is 1. The lowest BCUT2D eigenvalue weighted by molar-refractivity contribution is -0.137. The quantitative estimate of drug-likeness (QED) is 0.697. The number of carboxylic acid groups (broad SMARTS) is 1. The standard InChI is InChI=1S/C15H18N2O4S/c1-9-14(20)17-11-8-10(5-6-12(11)22-9)15(21)16-7-3-2-4-13(18)19/h5-6,8-9H,2-4,7H2,1H3,(H,16,21)(H,17,20)(H,18,19). The number of carbonyl (C=O) groups is 3. The molecule has 2 amide bonds. The lowest BCUT2D eigenvalue weighted by Gasteiger charge is -2.21. The largest absolute Gasteiger partial charge is 0.481 e. The summed E-state index contributed by atoms with van der Waals surface area (Å²) in [5.41, 5.74) is 1.14. The van der Waals surface area contributed by atoms with E-state index < -0.39 is 5.97 Å². The Hall–Kier alpha value is -2.02. The third kappa shape index (κ3) is 4.24. The number of rotatable bonds is 6. The van der Waals surface area contributed by atoms with Crippen molar-refractivity contribution < 1.29 is 19.5 Å². The van der Waals surface area contributed by atoms with Crippen LogP contribution in [0.15, 0.2) is 23.1 Å². The summed E-state index contributed by atoms with van der Waals surface area (Å²) in [5.74, 6) is -1.12. The minimum absolute atomic E-state index is 0.0660. The Morgan fingerprint density at radius 1 is 1.36 bits per heavy atom. The van der Waals surface area contributed by atoms with Crippen LogP contribution in [0.5, 0.6) is 0 Å². The van der Waals surface area contributed by atoms with E-state index in [0.717, 1.165) is 4.90 Å². The Kier molecular flexibility index (Phi) is 5.43. The molecule has 0 spiro atoms. The van der Waals surface area contributed by atoms with Gasteiger partial charge in [-0.2, -0.15) is 0 Å². The van der Waals surface area contributed by atoms with E-state index in [1.54, 1.807) is 12.1 Å². The van der Waals surface area contributed by atoms with Gasteiger partial charge in [-0.1, -0.05) is 0 Å². The Balaban J connectivity index is 1.90. The zero-order chi connectivity index (χ0) is 16.1. The Morgan fingerprint density at radius 3 is 2.86 bits per heavy atom. The molecule has 0 radical (unpaired) electrons. The number of carbonyl (C=O) groups excluding carboxylic acids is 2. The summed E-state index contributed by atoms with van der Waals surface area (Å²) >= 11 is 1.47. The fraction of sp³-hybridized carbons (Fsp3) is 0.400. The first kappa shape index (κ1) is 16.4. The van der Waals surface area contributed by atoms with Gasteiger partial charge in [-0.25, -0.2) is 0 Å². The third-order valence-electron chi connectivity index (χ3n) is 3.28. The molecule has 6 nitrogen and oxygen atoms in total. The molecule has 22 heavy (non-hydrogen) atoms. The summed E-state index contributed by atoms with van der Waals surface area (Å²) in [6.45, 7) is 2.27. The number of anilines is 1. The molecule has 0 fully saturated rings. The van der Waals surface area contributed by atoms with Crippen LogP contribution in [0, 0.1) is 0 Å².